The van der Waals surface area contributed by atoms with E-state index in [2.05, 4.69) is 44.0 Å². The summed E-state index contributed by atoms with van der Waals surface area (Å²) in [4.78, 5) is 9.20. The molecule has 1 unspecified atom stereocenters. The molecular formula is C24H26N7O2S-. The van der Waals surface area contributed by atoms with Gasteiger partial charge in [-0.15, -0.1) is 5.10 Å². The molecule has 2 aromatic carbocycles. The van der Waals surface area contributed by atoms with E-state index < -0.39 is 11.3 Å². The van der Waals surface area contributed by atoms with Gasteiger partial charge in [0.15, 0.2) is 0 Å². The molecule has 1 atom stereocenters. The van der Waals surface area contributed by atoms with E-state index in [9.17, 15) is 8.76 Å². The largest absolute Gasteiger partial charge is 0.760 e. The maximum Gasteiger partial charge on any atom is 0.245 e. The molecule has 9 nitrogen and oxygen atoms in total. The Morgan fingerprint density at radius 3 is 2.53 bits per heavy atom. The Bertz CT molecular complexity index is 1300. The van der Waals surface area contributed by atoms with Gasteiger partial charge in [-0.3, -0.25) is 4.21 Å². The smallest absolute Gasteiger partial charge is 0.245 e. The Hall–Kier alpha value is -3.31. The highest BCUT2D eigenvalue weighted by Gasteiger charge is 2.14. The standard InChI is InChI=1S/C24H27N7O2S/c1-29-12-14-30(15-13-29)20-8-6-19(7-9-20)27-24-25-17-21-10-11-23(31(21)28-24)22-5-3-2-4-18(22)16-26-34(32)33/h2-11,17,26H,12-16H2,1H3,(H,27,28)(H,32,33)/p-1. The first-order chi connectivity index (χ1) is 16.6. The fourth-order valence-corrected chi connectivity index (χ4v) is 4.45. The van der Waals surface area contributed by atoms with Crippen LogP contribution in [0, 0.1) is 0 Å². The van der Waals surface area contributed by atoms with Gasteiger partial charge in [-0.05, 0) is 49.0 Å². The number of nitrogens with zero attached hydrogens (tertiary/aromatic N) is 5. The Kier molecular flexibility index (Phi) is 6.54. The van der Waals surface area contributed by atoms with E-state index in [0.29, 0.717) is 5.95 Å². The van der Waals surface area contributed by atoms with Crippen molar-refractivity contribution in [3.05, 3.63) is 72.4 Å². The van der Waals surface area contributed by atoms with Crippen molar-refractivity contribution in [2.24, 2.45) is 0 Å². The van der Waals surface area contributed by atoms with Crippen LogP contribution in [-0.4, -0.2) is 61.5 Å². The van der Waals surface area contributed by atoms with Gasteiger partial charge < -0.3 is 19.7 Å². The second-order valence-electron chi connectivity index (χ2n) is 8.31. The Labute approximate surface area is 200 Å². The number of fused-ring (bicyclic) bond motifs is 1. The van der Waals surface area contributed by atoms with Gasteiger partial charge in [-0.2, -0.15) is 0 Å². The van der Waals surface area contributed by atoms with Gasteiger partial charge in [0.25, 0.3) is 0 Å². The van der Waals surface area contributed by atoms with Gasteiger partial charge in [-0.1, -0.05) is 24.3 Å². The Balaban J connectivity index is 1.37. The SMILES string of the molecule is CN1CCN(c2ccc(Nc3ncc4ccc(-c5ccccc5CNS(=O)[O-])n4n3)cc2)CC1. The number of benzene rings is 2. The molecule has 0 radical (unpaired) electrons. The molecule has 2 aromatic heterocycles. The lowest BCUT2D eigenvalue weighted by atomic mass is 10.1. The average Bonchev–Trinajstić information content (AvgIpc) is 3.27. The van der Waals surface area contributed by atoms with Crippen LogP contribution in [0.3, 0.4) is 0 Å². The van der Waals surface area contributed by atoms with Crippen molar-refractivity contribution in [2.45, 2.75) is 6.54 Å². The van der Waals surface area contributed by atoms with Crippen LogP contribution in [-0.2, 0) is 17.8 Å². The summed E-state index contributed by atoms with van der Waals surface area (Å²) >= 11 is -2.33. The van der Waals surface area contributed by atoms with Crippen LogP contribution in [0.25, 0.3) is 16.8 Å². The Morgan fingerprint density at radius 1 is 1.00 bits per heavy atom. The molecular weight excluding hydrogens is 450 g/mol. The minimum absolute atomic E-state index is 0.204. The monoisotopic (exact) mass is 476 g/mol. The number of anilines is 3. The molecule has 10 heteroatoms. The highest BCUT2D eigenvalue weighted by molar-refractivity contribution is 7.77. The molecule has 4 aromatic rings. The number of rotatable bonds is 7. The van der Waals surface area contributed by atoms with Gasteiger partial charge >= 0.3 is 0 Å². The first kappa shape index (κ1) is 22.5. The van der Waals surface area contributed by atoms with Crippen molar-refractivity contribution in [1.29, 1.82) is 0 Å². The van der Waals surface area contributed by atoms with Crippen molar-refractivity contribution < 1.29 is 8.76 Å². The maximum absolute atomic E-state index is 11.0. The summed E-state index contributed by atoms with van der Waals surface area (Å²) in [6, 6.07) is 19.9. The van der Waals surface area contributed by atoms with Gasteiger partial charge in [0, 0.05) is 60.9 Å². The lowest BCUT2D eigenvalue weighted by Gasteiger charge is -2.34. The first-order valence-electron chi connectivity index (χ1n) is 11.1. The zero-order valence-corrected chi connectivity index (χ0v) is 19.7. The highest BCUT2D eigenvalue weighted by atomic mass is 32.2. The number of likely N-dealkylation sites (N-methyl/N-ethyl adjacent to an activating group) is 1. The highest BCUT2D eigenvalue weighted by Crippen LogP contribution is 2.26. The van der Waals surface area contributed by atoms with Crippen LogP contribution >= 0.6 is 0 Å². The lowest BCUT2D eigenvalue weighted by molar-refractivity contribution is 0.313. The molecule has 34 heavy (non-hydrogen) atoms. The quantitative estimate of drug-likeness (QED) is 0.396. The molecule has 1 fully saturated rings. The van der Waals surface area contributed by atoms with Crippen LogP contribution in [0.5, 0.6) is 0 Å². The molecule has 176 valence electrons. The van der Waals surface area contributed by atoms with Crippen molar-refractivity contribution in [1.82, 2.24) is 24.2 Å². The number of hydrogen-bond donors (Lipinski definition) is 2. The molecule has 1 aliphatic rings. The van der Waals surface area contributed by atoms with E-state index in [-0.39, 0.29) is 6.54 Å². The predicted molar refractivity (Wildman–Crippen MR) is 134 cm³/mol. The summed E-state index contributed by atoms with van der Waals surface area (Å²) in [5.74, 6) is 0.480. The third-order valence-electron chi connectivity index (χ3n) is 6.06. The van der Waals surface area contributed by atoms with E-state index in [1.165, 1.54) is 5.69 Å². The molecule has 1 aliphatic heterocycles. The van der Waals surface area contributed by atoms with Crippen LogP contribution in [0.15, 0.2) is 66.9 Å². The van der Waals surface area contributed by atoms with E-state index in [1.54, 1.807) is 6.20 Å². The Morgan fingerprint density at radius 2 is 1.76 bits per heavy atom. The molecule has 0 bridgehead atoms. The summed E-state index contributed by atoms with van der Waals surface area (Å²) in [6.45, 7) is 4.40. The van der Waals surface area contributed by atoms with E-state index >= 15 is 0 Å². The molecule has 0 saturated carbocycles. The second kappa shape index (κ2) is 9.90. The molecule has 2 N–H and O–H groups in total. The minimum Gasteiger partial charge on any atom is -0.760 e. The third-order valence-corrected chi connectivity index (χ3v) is 6.44. The van der Waals surface area contributed by atoms with Gasteiger partial charge in [0.05, 0.1) is 17.4 Å². The molecule has 5 rings (SSSR count). The predicted octanol–water partition coefficient (Wildman–Crippen LogP) is 2.78. The van der Waals surface area contributed by atoms with Crippen molar-refractivity contribution in [3.63, 3.8) is 0 Å². The number of piperazine rings is 1. The zero-order valence-electron chi connectivity index (χ0n) is 18.8. The number of nitrogens with one attached hydrogen (secondary N) is 2. The van der Waals surface area contributed by atoms with E-state index in [0.717, 1.165) is 54.2 Å². The van der Waals surface area contributed by atoms with Gasteiger partial charge in [-0.25, -0.2) is 14.2 Å². The van der Waals surface area contributed by atoms with E-state index in [1.807, 2.05) is 53.0 Å². The van der Waals surface area contributed by atoms with Crippen molar-refractivity contribution >= 4 is 34.1 Å². The van der Waals surface area contributed by atoms with Crippen LogP contribution in [0.4, 0.5) is 17.3 Å². The normalized spacial score (nSPS) is 15.5. The summed E-state index contributed by atoms with van der Waals surface area (Å²) in [5.41, 5.74) is 5.60. The number of aromatic nitrogens is 3. The zero-order chi connectivity index (χ0) is 23.5. The van der Waals surface area contributed by atoms with Gasteiger partial charge in [0.1, 0.15) is 0 Å². The minimum atomic E-state index is -2.33. The summed E-state index contributed by atoms with van der Waals surface area (Å²) in [5, 5.41) is 7.99. The van der Waals surface area contributed by atoms with E-state index in [4.69, 9.17) is 5.10 Å². The molecule has 0 aliphatic carbocycles. The summed E-state index contributed by atoms with van der Waals surface area (Å²) < 4.78 is 26.2. The fourth-order valence-electron chi connectivity index (χ4n) is 4.17. The van der Waals surface area contributed by atoms with Crippen molar-refractivity contribution in [2.75, 3.05) is 43.4 Å². The second-order valence-corrected chi connectivity index (χ2v) is 9.07. The van der Waals surface area contributed by atoms with Gasteiger partial charge in [0.2, 0.25) is 5.95 Å². The summed E-state index contributed by atoms with van der Waals surface area (Å²) in [7, 11) is 2.15. The first-order valence-corrected chi connectivity index (χ1v) is 12.2. The fraction of sp³-hybridized carbons (Fsp3) is 0.250. The molecule has 3 heterocycles. The lowest BCUT2D eigenvalue weighted by Crippen LogP contribution is -2.44. The molecule has 1 saturated heterocycles. The van der Waals surface area contributed by atoms with Crippen molar-refractivity contribution in [3.8, 4) is 11.3 Å². The van der Waals surface area contributed by atoms with Crippen LogP contribution in [0.1, 0.15) is 5.56 Å². The summed E-state index contributed by atoms with van der Waals surface area (Å²) in [6.07, 6.45) is 1.77. The third kappa shape index (κ3) is 4.95. The van der Waals surface area contributed by atoms with Crippen LogP contribution in [0.2, 0.25) is 0 Å². The maximum atomic E-state index is 11.0. The topological polar surface area (TPSA) is 101 Å². The molecule has 0 spiro atoms. The molecule has 0 amide bonds. The number of hydrogen-bond acceptors (Lipinski definition) is 7. The van der Waals surface area contributed by atoms with Crippen LogP contribution < -0.4 is 14.9 Å². The average molecular weight is 477 g/mol.